The second-order valence-corrected chi connectivity index (χ2v) is 6.89. The van der Waals surface area contributed by atoms with Gasteiger partial charge in [-0.1, -0.05) is 60.7 Å². The molecule has 1 aromatic heterocycles. The molecule has 6 heteroatoms. The van der Waals surface area contributed by atoms with Crippen molar-refractivity contribution in [2.24, 2.45) is 0 Å². The number of nitrogens with one attached hydrogen (secondary N) is 1. The van der Waals surface area contributed by atoms with E-state index in [4.69, 9.17) is 0 Å². The van der Waals surface area contributed by atoms with Gasteiger partial charge in [-0.3, -0.25) is 4.55 Å². The first-order valence-electron chi connectivity index (χ1n) is 7.70. The van der Waals surface area contributed by atoms with E-state index in [0.717, 1.165) is 18.4 Å². The number of benzene rings is 2. The minimum absolute atomic E-state index is 0.283. The number of nitrogens with zero attached hydrogens (tertiary/aromatic N) is 1. The maximum Gasteiger partial charge on any atom is 0.314 e. The van der Waals surface area contributed by atoms with E-state index in [1.165, 1.54) is 5.56 Å². The number of hydrogen-bond acceptors (Lipinski definition) is 3. The van der Waals surface area contributed by atoms with Gasteiger partial charge in [-0.15, -0.1) is 0 Å². The summed E-state index contributed by atoms with van der Waals surface area (Å²) in [5.41, 5.74) is 2.40. The highest BCUT2D eigenvalue weighted by atomic mass is 32.2. The van der Waals surface area contributed by atoms with Crippen molar-refractivity contribution in [3.8, 4) is 11.4 Å². The second kappa shape index (κ2) is 6.98. The summed E-state index contributed by atoms with van der Waals surface area (Å²) < 4.78 is 32.6. The molecule has 0 spiro atoms. The van der Waals surface area contributed by atoms with Crippen molar-refractivity contribution >= 4 is 10.1 Å². The SMILES string of the molecule is O=S(=O)(O)c1nc(-c2ccccc2)[nH]c1CCCc1ccccc1. The average Bonchev–Trinajstić information content (AvgIpc) is 3.01. The molecular formula is C18H18N2O3S. The maximum absolute atomic E-state index is 11.6. The molecule has 0 aliphatic rings. The van der Waals surface area contributed by atoms with E-state index in [9.17, 15) is 13.0 Å². The van der Waals surface area contributed by atoms with Gasteiger partial charge in [-0.2, -0.15) is 8.42 Å². The van der Waals surface area contributed by atoms with Crippen LogP contribution >= 0.6 is 0 Å². The van der Waals surface area contributed by atoms with Crippen molar-refractivity contribution in [2.45, 2.75) is 24.3 Å². The molecule has 0 aliphatic carbocycles. The lowest BCUT2D eigenvalue weighted by Crippen LogP contribution is -2.03. The van der Waals surface area contributed by atoms with Gasteiger partial charge in [0, 0.05) is 5.56 Å². The smallest absolute Gasteiger partial charge is 0.314 e. The van der Waals surface area contributed by atoms with Crippen molar-refractivity contribution in [1.29, 1.82) is 0 Å². The summed E-state index contributed by atoms with van der Waals surface area (Å²) in [6.07, 6.45) is 2.07. The Hall–Kier alpha value is -2.44. The van der Waals surface area contributed by atoms with Crippen LogP contribution in [0, 0.1) is 0 Å². The first-order chi connectivity index (χ1) is 11.5. The molecule has 0 unspecified atom stereocenters. The van der Waals surface area contributed by atoms with Gasteiger partial charge in [0.2, 0.25) is 5.03 Å². The van der Waals surface area contributed by atoms with Crippen LogP contribution in [0.5, 0.6) is 0 Å². The zero-order valence-electron chi connectivity index (χ0n) is 13.0. The minimum Gasteiger partial charge on any atom is -0.341 e. The Labute approximate surface area is 141 Å². The molecule has 24 heavy (non-hydrogen) atoms. The molecule has 124 valence electrons. The molecule has 0 atom stereocenters. The Bertz CT molecular complexity index is 904. The van der Waals surface area contributed by atoms with Crippen LogP contribution in [0.25, 0.3) is 11.4 Å². The molecule has 5 nitrogen and oxygen atoms in total. The van der Waals surface area contributed by atoms with Gasteiger partial charge in [-0.05, 0) is 24.8 Å². The Morgan fingerprint density at radius 1 is 0.917 bits per heavy atom. The number of aryl methyl sites for hydroxylation is 2. The van der Waals surface area contributed by atoms with Gasteiger partial charge in [0.05, 0.1) is 5.69 Å². The third-order valence-electron chi connectivity index (χ3n) is 3.77. The zero-order valence-corrected chi connectivity index (χ0v) is 13.8. The summed E-state index contributed by atoms with van der Waals surface area (Å²) in [5, 5.41) is -0.283. The van der Waals surface area contributed by atoms with Gasteiger partial charge in [-0.25, -0.2) is 4.98 Å². The Kier molecular flexibility index (Phi) is 4.78. The van der Waals surface area contributed by atoms with Crippen LogP contribution in [0.3, 0.4) is 0 Å². The van der Waals surface area contributed by atoms with Gasteiger partial charge >= 0.3 is 10.1 Å². The molecule has 2 aromatic carbocycles. The summed E-state index contributed by atoms with van der Waals surface area (Å²) in [5.74, 6) is 0.443. The van der Waals surface area contributed by atoms with Crippen LogP contribution < -0.4 is 0 Å². The lowest BCUT2D eigenvalue weighted by atomic mass is 10.1. The lowest BCUT2D eigenvalue weighted by Gasteiger charge is -2.02. The number of aromatic nitrogens is 2. The minimum atomic E-state index is -4.36. The highest BCUT2D eigenvalue weighted by Crippen LogP contribution is 2.22. The molecule has 0 fully saturated rings. The van der Waals surface area contributed by atoms with Crippen LogP contribution in [0.4, 0.5) is 0 Å². The van der Waals surface area contributed by atoms with Gasteiger partial charge < -0.3 is 4.98 Å². The molecule has 2 N–H and O–H groups in total. The van der Waals surface area contributed by atoms with Gasteiger partial charge in [0.1, 0.15) is 5.82 Å². The number of imidazole rings is 1. The summed E-state index contributed by atoms with van der Waals surface area (Å²) in [7, 11) is -4.36. The van der Waals surface area contributed by atoms with Crippen LogP contribution in [0.15, 0.2) is 65.7 Å². The van der Waals surface area contributed by atoms with Crippen LogP contribution in [-0.4, -0.2) is 22.9 Å². The highest BCUT2D eigenvalue weighted by Gasteiger charge is 2.21. The van der Waals surface area contributed by atoms with Crippen molar-refractivity contribution in [1.82, 2.24) is 9.97 Å². The van der Waals surface area contributed by atoms with Gasteiger partial charge in [0.15, 0.2) is 0 Å². The monoisotopic (exact) mass is 342 g/mol. The number of H-pyrrole nitrogens is 1. The topological polar surface area (TPSA) is 83.1 Å². The normalized spacial score (nSPS) is 11.5. The van der Waals surface area contributed by atoms with Crippen molar-refractivity contribution in [2.75, 3.05) is 0 Å². The zero-order chi connectivity index (χ0) is 17.0. The molecule has 0 aliphatic heterocycles. The molecule has 1 heterocycles. The van der Waals surface area contributed by atoms with E-state index in [1.54, 1.807) is 0 Å². The summed E-state index contributed by atoms with van der Waals surface area (Å²) >= 11 is 0. The van der Waals surface area contributed by atoms with E-state index in [0.29, 0.717) is 17.9 Å². The van der Waals surface area contributed by atoms with Crippen molar-refractivity contribution < 1.29 is 13.0 Å². The predicted octanol–water partition coefficient (Wildman–Crippen LogP) is 3.50. The number of aromatic amines is 1. The maximum atomic E-state index is 11.6. The van der Waals surface area contributed by atoms with Crippen LogP contribution in [-0.2, 0) is 23.0 Å². The quantitative estimate of drug-likeness (QED) is 0.672. The molecule has 0 bridgehead atoms. The Morgan fingerprint density at radius 3 is 2.17 bits per heavy atom. The van der Waals surface area contributed by atoms with Crippen molar-refractivity contribution in [3.63, 3.8) is 0 Å². The van der Waals surface area contributed by atoms with E-state index >= 15 is 0 Å². The standard InChI is InChI=1S/C18H18N2O3S/c21-24(22,23)18-16(13-7-10-14-8-3-1-4-9-14)19-17(20-18)15-11-5-2-6-12-15/h1-6,8-9,11-12H,7,10,13H2,(H,19,20)(H,21,22,23). The Morgan fingerprint density at radius 2 is 1.54 bits per heavy atom. The predicted molar refractivity (Wildman–Crippen MR) is 92.3 cm³/mol. The molecule has 0 amide bonds. The molecule has 0 saturated carbocycles. The molecule has 3 aromatic rings. The largest absolute Gasteiger partial charge is 0.341 e. The lowest BCUT2D eigenvalue weighted by molar-refractivity contribution is 0.478. The molecule has 0 radical (unpaired) electrons. The fraction of sp³-hybridized carbons (Fsp3) is 0.167. The molecule has 3 rings (SSSR count). The van der Waals surface area contributed by atoms with Crippen LogP contribution in [0.1, 0.15) is 17.7 Å². The highest BCUT2D eigenvalue weighted by molar-refractivity contribution is 7.85. The first kappa shape index (κ1) is 16.4. The third kappa shape index (κ3) is 3.90. The van der Waals surface area contributed by atoms with E-state index in [2.05, 4.69) is 9.97 Å². The molecule has 0 saturated heterocycles. The van der Waals surface area contributed by atoms with E-state index < -0.39 is 10.1 Å². The third-order valence-corrected chi connectivity index (χ3v) is 4.59. The average molecular weight is 342 g/mol. The molecular weight excluding hydrogens is 324 g/mol. The number of hydrogen-bond donors (Lipinski definition) is 2. The summed E-state index contributed by atoms with van der Waals surface area (Å²) in [6, 6.07) is 19.2. The van der Waals surface area contributed by atoms with Gasteiger partial charge in [0.25, 0.3) is 0 Å². The first-order valence-corrected chi connectivity index (χ1v) is 9.14. The van der Waals surface area contributed by atoms with E-state index in [-0.39, 0.29) is 5.03 Å². The Balaban J connectivity index is 1.82. The van der Waals surface area contributed by atoms with E-state index in [1.807, 2.05) is 60.7 Å². The number of rotatable bonds is 6. The fourth-order valence-corrected chi connectivity index (χ4v) is 3.29. The summed E-state index contributed by atoms with van der Waals surface area (Å²) in [4.78, 5) is 7.12. The fourth-order valence-electron chi connectivity index (χ4n) is 2.62. The van der Waals surface area contributed by atoms with Crippen LogP contribution in [0.2, 0.25) is 0 Å². The summed E-state index contributed by atoms with van der Waals surface area (Å²) in [6.45, 7) is 0. The second-order valence-electron chi connectivity index (χ2n) is 5.55. The van der Waals surface area contributed by atoms with Crippen molar-refractivity contribution in [3.05, 3.63) is 71.9 Å².